The zero-order valence-corrected chi connectivity index (χ0v) is 11.1. The first-order valence-corrected chi connectivity index (χ1v) is 5.77. The third-order valence-electron chi connectivity index (χ3n) is 2.64. The standard InChI is InChI=1S/C13H15N3O3/c1-16(2)7-11-14-10-6-8(13(18)19-3)4-5-9(10)12(17)15-11/h4-6H,7H2,1-3H3,(H,14,15,17). The van der Waals surface area contributed by atoms with E-state index in [9.17, 15) is 9.59 Å². The zero-order valence-electron chi connectivity index (χ0n) is 11.1. The number of aromatic nitrogens is 2. The van der Waals surface area contributed by atoms with Crippen LogP contribution >= 0.6 is 0 Å². The third kappa shape index (κ3) is 2.79. The summed E-state index contributed by atoms with van der Waals surface area (Å²) in [6, 6.07) is 4.69. The maximum atomic E-state index is 11.9. The molecule has 0 spiro atoms. The number of aromatic amines is 1. The Labute approximate surface area is 110 Å². The molecule has 100 valence electrons. The minimum absolute atomic E-state index is 0.210. The summed E-state index contributed by atoms with van der Waals surface area (Å²) in [5.41, 5.74) is 0.658. The molecular weight excluding hydrogens is 246 g/mol. The Bertz CT molecular complexity index is 676. The number of carbonyl (C=O) groups excluding carboxylic acids is 1. The molecule has 6 heteroatoms. The lowest BCUT2D eigenvalue weighted by Crippen LogP contribution is -2.18. The maximum Gasteiger partial charge on any atom is 0.337 e. The highest BCUT2D eigenvalue weighted by molar-refractivity contribution is 5.93. The van der Waals surface area contributed by atoms with E-state index >= 15 is 0 Å². The Kier molecular flexibility index (Phi) is 3.62. The lowest BCUT2D eigenvalue weighted by atomic mass is 10.1. The smallest absolute Gasteiger partial charge is 0.337 e. The SMILES string of the molecule is COC(=O)c1ccc2c(=O)[nH]c(CN(C)C)nc2c1. The van der Waals surface area contributed by atoms with Gasteiger partial charge in [0.15, 0.2) is 0 Å². The largest absolute Gasteiger partial charge is 0.465 e. The van der Waals surface area contributed by atoms with Crippen molar-refractivity contribution in [2.45, 2.75) is 6.54 Å². The van der Waals surface area contributed by atoms with E-state index in [1.165, 1.54) is 7.11 Å². The van der Waals surface area contributed by atoms with Crippen LogP contribution in [0.25, 0.3) is 10.9 Å². The first-order valence-electron chi connectivity index (χ1n) is 5.77. The zero-order chi connectivity index (χ0) is 14.0. The quantitative estimate of drug-likeness (QED) is 0.826. The highest BCUT2D eigenvalue weighted by Gasteiger charge is 2.09. The van der Waals surface area contributed by atoms with Crippen LogP contribution in [-0.2, 0) is 11.3 Å². The number of hydrogen-bond donors (Lipinski definition) is 1. The lowest BCUT2D eigenvalue weighted by molar-refractivity contribution is 0.0601. The van der Waals surface area contributed by atoms with Crippen LogP contribution in [0, 0.1) is 0 Å². The Balaban J connectivity index is 2.56. The summed E-state index contributed by atoms with van der Waals surface area (Å²) in [6.07, 6.45) is 0. The molecule has 6 nitrogen and oxygen atoms in total. The van der Waals surface area contributed by atoms with Crippen LogP contribution in [0.5, 0.6) is 0 Å². The molecule has 19 heavy (non-hydrogen) atoms. The number of rotatable bonds is 3. The molecule has 0 saturated heterocycles. The molecule has 2 rings (SSSR count). The van der Waals surface area contributed by atoms with Crippen molar-refractivity contribution < 1.29 is 9.53 Å². The van der Waals surface area contributed by atoms with E-state index in [1.807, 2.05) is 19.0 Å². The Hall–Kier alpha value is -2.21. The normalized spacial score (nSPS) is 10.9. The number of benzene rings is 1. The number of nitrogens with one attached hydrogen (secondary N) is 1. The fraction of sp³-hybridized carbons (Fsp3) is 0.308. The van der Waals surface area contributed by atoms with Crippen LogP contribution in [0.4, 0.5) is 0 Å². The summed E-state index contributed by atoms with van der Waals surface area (Å²) in [6.45, 7) is 0.521. The summed E-state index contributed by atoms with van der Waals surface area (Å²) in [4.78, 5) is 32.3. The van der Waals surface area contributed by atoms with Crippen molar-refractivity contribution in [1.82, 2.24) is 14.9 Å². The minimum Gasteiger partial charge on any atom is -0.465 e. The number of carbonyl (C=O) groups is 1. The number of H-pyrrole nitrogens is 1. The molecule has 0 amide bonds. The van der Waals surface area contributed by atoms with Crippen LogP contribution in [0.3, 0.4) is 0 Å². The van der Waals surface area contributed by atoms with Gasteiger partial charge < -0.3 is 14.6 Å². The van der Waals surface area contributed by atoms with Gasteiger partial charge in [-0.05, 0) is 32.3 Å². The second-order valence-electron chi connectivity index (χ2n) is 4.47. The molecule has 2 aromatic rings. The Morgan fingerprint density at radius 1 is 1.42 bits per heavy atom. The van der Waals surface area contributed by atoms with Crippen molar-refractivity contribution in [1.29, 1.82) is 0 Å². The molecule has 0 radical (unpaired) electrons. The van der Waals surface area contributed by atoms with Crippen molar-refractivity contribution in [2.75, 3.05) is 21.2 Å². The second kappa shape index (κ2) is 5.19. The van der Waals surface area contributed by atoms with Gasteiger partial charge in [-0.1, -0.05) is 0 Å². The maximum absolute atomic E-state index is 11.9. The molecule has 0 aliphatic rings. The van der Waals surface area contributed by atoms with E-state index in [2.05, 4.69) is 14.7 Å². The average molecular weight is 261 g/mol. The average Bonchev–Trinajstić information content (AvgIpc) is 2.36. The summed E-state index contributed by atoms with van der Waals surface area (Å²) < 4.78 is 4.65. The predicted molar refractivity (Wildman–Crippen MR) is 71.1 cm³/mol. The highest BCUT2D eigenvalue weighted by Crippen LogP contribution is 2.11. The lowest BCUT2D eigenvalue weighted by Gasteiger charge is -2.09. The van der Waals surface area contributed by atoms with E-state index in [0.717, 1.165) is 0 Å². The van der Waals surface area contributed by atoms with Crippen molar-refractivity contribution in [3.05, 3.63) is 39.9 Å². The van der Waals surface area contributed by atoms with Gasteiger partial charge in [0.1, 0.15) is 5.82 Å². The molecule has 0 bridgehead atoms. The summed E-state index contributed by atoms with van der Waals surface area (Å²) in [7, 11) is 5.08. The molecule has 0 saturated carbocycles. The first-order chi connectivity index (χ1) is 9.01. The van der Waals surface area contributed by atoms with Gasteiger partial charge >= 0.3 is 5.97 Å². The van der Waals surface area contributed by atoms with Gasteiger partial charge in [-0.3, -0.25) is 4.79 Å². The first kappa shape index (κ1) is 13.2. The van der Waals surface area contributed by atoms with Crippen molar-refractivity contribution in [2.24, 2.45) is 0 Å². The highest BCUT2D eigenvalue weighted by atomic mass is 16.5. The summed E-state index contributed by atoms with van der Waals surface area (Å²) >= 11 is 0. The Morgan fingerprint density at radius 2 is 2.16 bits per heavy atom. The van der Waals surface area contributed by atoms with E-state index in [-0.39, 0.29) is 5.56 Å². The monoisotopic (exact) mass is 261 g/mol. The molecule has 1 aromatic heterocycles. The van der Waals surface area contributed by atoms with Gasteiger partial charge in [-0.15, -0.1) is 0 Å². The fourth-order valence-corrected chi connectivity index (χ4v) is 1.81. The van der Waals surface area contributed by atoms with Crippen molar-refractivity contribution >= 4 is 16.9 Å². The predicted octanol–water partition coefficient (Wildman–Crippen LogP) is 0.771. The molecular formula is C13H15N3O3. The van der Waals surface area contributed by atoms with Crippen LogP contribution < -0.4 is 5.56 Å². The molecule has 0 atom stereocenters. The van der Waals surface area contributed by atoms with E-state index in [0.29, 0.717) is 28.8 Å². The van der Waals surface area contributed by atoms with E-state index in [4.69, 9.17) is 0 Å². The van der Waals surface area contributed by atoms with Gasteiger partial charge in [-0.25, -0.2) is 9.78 Å². The van der Waals surface area contributed by atoms with Gasteiger partial charge in [0.2, 0.25) is 0 Å². The van der Waals surface area contributed by atoms with Gasteiger partial charge in [-0.2, -0.15) is 0 Å². The number of methoxy groups -OCH3 is 1. The summed E-state index contributed by atoms with van der Waals surface area (Å²) in [5, 5.41) is 0.454. The van der Waals surface area contributed by atoms with Gasteiger partial charge in [0.25, 0.3) is 5.56 Å². The molecule has 1 N–H and O–H groups in total. The minimum atomic E-state index is -0.446. The molecule has 1 heterocycles. The van der Waals surface area contributed by atoms with Crippen molar-refractivity contribution in [3.8, 4) is 0 Å². The van der Waals surface area contributed by atoms with Crippen molar-refractivity contribution in [3.63, 3.8) is 0 Å². The molecule has 0 aliphatic heterocycles. The number of nitrogens with zero attached hydrogens (tertiary/aromatic N) is 2. The van der Waals surface area contributed by atoms with Gasteiger partial charge in [0.05, 0.1) is 30.1 Å². The molecule has 1 aromatic carbocycles. The second-order valence-corrected chi connectivity index (χ2v) is 4.47. The van der Waals surface area contributed by atoms with Crippen LogP contribution in [0.15, 0.2) is 23.0 Å². The summed E-state index contributed by atoms with van der Waals surface area (Å²) in [5.74, 6) is 0.114. The topological polar surface area (TPSA) is 75.3 Å². The van der Waals surface area contributed by atoms with E-state index < -0.39 is 5.97 Å². The van der Waals surface area contributed by atoms with Crippen LogP contribution in [0.2, 0.25) is 0 Å². The van der Waals surface area contributed by atoms with Crippen LogP contribution in [0.1, 0.15) is 16.2 Å². The Morgan fingerprint density at radius 3 is 2.79 bits per heavy atom. The molecule has 0 fully saturated rings. The van der Waals surface area contributed by atoms with Gasteiger partial charge in [0, 0.05) is 0 Å². The third-order valence-corrected chi connectivity index (χ3v) is 2.64. The number of hydrogen-bond acceptors (Lipinski definition) is 5. The number of fused-ring (bicyclic) bond motifs is 1. The molecule has 0 aliphatic carbocycles. The number of esters is 1. The van der Waals surface area contributed by atoms with E-state index in [1.54, 1.807) is 18.2 Å². The fourth-order valence-electron chi connectivity index (χ4n) is 1.81. The number of ether oxygens (including phenoxy) is 1. The van der Waals surface area contributed by atoms with Crippen LogP contribution in [-0.4, -0.2) is 42.0 Å². The molecule has 0 unspecified atom stereocenters.